The molecule has 1 aliphatic rings. The van der Waals surface area contributed by atoms with Crippen LogP contribution in [0.4, 0.5) is 0 Å². The first-order chi connectivity index (χ1) is 10.1. The molecule has 2 heterocycles. The van der Waals surface area contributed by atoms with Crippen molar-refractivity contribution in [3.05, 3.63) is 35.0 Å². The lowest BCUT2D eigenvalue weighted by Crippen LogP contribution is -2.48. The van der Waals surface area contributed by atoms with Crippen molar-refractivity contribution in [1.82, 2.24) is 14.4 Å². The van der Waals surface area contributed by atoms with Gasteiger partial charge in [0, 0.05) is 38.6 Å². The van der Waals surface area contributed by atoms with Gasteiger partial charge in [-0.3, -0.25) is 9.59 Å². The summed E-state index contributed by atoms with van der Waals surface area (Å²) in [6.45, 7) is 2.29. The fourth-order valence-corrected chi connectivity index (χ4v) is 3.07. The zero-order chi connectivity index (χ0) is 15.0. The van der Waals surface area contributed by atoms with Crippen LogP contribution in [0.15, 0.2) is 24.3 Å². The smallest absolute Gasteiger partial charge is 0.270 e. The molecule has 0 spiro atoms. The Morgan fingerprint density at radius 2 is 1.95 bits per heavy atom. The topological polar surface area (TPSA) is 45.6 Å². The predicted octanol–water partition coefficient (Wildman–Crippen LogP) is 1.75. The van der Waals surface area contributed by atoms with Crippen LogP contribution in [0, 0.1) is 0 Å². The van der Waals surface area contributed by atoms with Crippen LogP contribution in [0.5, 0.6) is 0 Å². The largest absolute Gasteiger partial charge is 0.342 e. The van der Waals surface area contributed by atoms with E-state index in [-0.39, 0.29) is 5.91 Å². The molecule has 1 saturated heterocycles. The van der Waals surface area contributed by atoms with Crippen molar-refractivity contribution >= 4 is 34.8 Å². The van der Waals surface area contributed by atoms with E-state index in [1.807, 2.05) is 35.9 Å². The number of amides is 2. The monoisotopic (exact) mass is 305 g/mol. The third-order valence-corrected chi connectivity index (χ3v) is 4.28. The third-order valence-electron chi connectivity index (χ3n) is 3.98. The summed E-state index contributed by atoms with van der Waals surface area (Å²) < 4.78 is 1.84. The Hall–Kier alpha value is -2.01. The molecule has 1 aromatic carbocycles. The maximum atomic E-state index is 12.7. The van der Waals surface area contributed by atoms with Gasteiger partial charge in [0.2, 0.25) is 6.41 Å². The van der Waals surface area contributed by atoms with Crippen molar-refractivity contribution < 1.29 is 9.59 Å². The third kappa shape index (κ3) is 2.38. The molecule has 1 aliphatic heterocycles. The Morgan fingerprint density at radius 1 is 1.24 bits per heavy atom. The molecule has 5 nitrogen and oxygen atoms in total. The molecule has 0 atom stereocenters. The van der Waals surface area contributed by atoms with Gasteiger partial charge in [0.05, 0.1) is 10.5 Å². The van der Waals surface area contributed by atoms with E-state index in [9.17, 15) is 9.59 Å². The van der Waals surface area contributed by atoms with Crippen LogP contribution in [0.2, 0.25) is 5.02 Å². The number of halogens is 1. The highest BCUT2D eigenvalue weighted by molar-refractivity contribution is 6.35. The Bertz CT molecular complexity index is 702. The average Bonchev–Trinajstić information content (AvgIpc) is 2.85. The number of nitrogens with zero attached hydrogens (tertiary/aromatic N) is 3. The molecule has 110 valence electrons. The quantitative estimate of drug-likeness (QED) is 0.794. The molecule has 21 heavy (non-hydrogen) atoms. The minimum atomic E-state index is -0.0182. The zero-order valence-electron chi connectivity index (χ0n) is 11.8. The summed E-state index contributed by atoms with van der Waals surface area (Å²) in [5.74, 6) is -0.0182. The van der Waals surface area contributed by atoms with Crippen LogP contribution in [-0.2, 0) is 11.8 Å². The molecular formula is C15H16ClN3O2. The standard InChI is InChI=1S/C15H16ClN3O2/c1-17-13(9-11-3-2-4-12(16)14(11)17)15(21)19-7-5-18(10-20)6-8-19/h2-4,9-10H,5-8H2,1H3. The average molecular weight is 306 g/mol. The number of carbonyl (C=O) groups is 2. The summed E-state index contributed by atoms with van der Waals surface area (Å²) in [7, 11) is 1.85. The van der Waals surface area contributed by atoms with Gasteiger partial charge in [-0.15, -0.1) is 0 Å². The number of aromatic nitrogens is 1. The number of fused-ring (bicyclic) bond motifs is 1. The molecule has 0 radical (unpaired) electrons. The van der Waals surface area contributed by atoms with Crippen LogP contribution in [0.1, 0.15) is 10.5 Å². The highest BCUT2D eigenvalue weighted by atomic mass is 35.5. The summed E-state index contributed by atoms with van der Waals surface area (Å²) in [6, 6.07) is 7.51. The highest BCUT2D eigenvalue weighted by Crippen LogP contribution is 2.26. The molecule has 3 rings (SSSR count). The van der Waals surface area contributed by atoms with Gasteiger partial charge in [-0.1, -0.05) is 23.7 Å². The first kappa shape index (κ1) is 13.9. The van der Waals surface area contributed by atoms with Crippen molar-refractivity contribution in [2.45, 2.75) is 0 Å². The van der Waals surface area contributed by atoms with Crippen molar-refractivity contribution in [2.75, 3.05) is 26.2 Å². The maximum absolute atomic E-state index is 12.7. The molecule has 0 unspecified atom stereocenters. The molecule has 0 saturated carbocycles. The number of hydrogen-bond acceptors (Lipinski definition) is 2. The van der Waals surface area contributed by atoms with E-state index in [1.54, 1.807) is 9.80 Å². The molecule has 6 heteroatoms. The number of piperazine rings is 1. The van der Waals surface area contributed by atoms with Crippen LogP contribution < -0.4 is 0 Å². The summed E-state index contributed by atoms with van der Waals surface area (Å²) in [5.41, 5.74) is 1.49. The molecule has 0 N–H and O–H groups in total. The maximum Gasteiger partial charge on any atom is 0.270 e. The molecule has 0 aliphatic carbocycles. The lowest BCUT2D eigenvalue weighted by atomic mass is 10.2. The van der Waals surface area contributed by atoms with Crippen LogP contribution >= 0.6 is 11.6 Å². The van der Waals surface area contributed by atoms with Gasteiger partial charge in [0.15, 0.2) is 0 Å². The van der Waals surface area contributed by atoms with Gasteiger partial charge >= 0.3 is 0 Å². The van der Waals surface area contributed by atoms with Gasteiger partial charge in [-0.05, 0) is 12.1 Å². The minimum absolute atomic E-state index is 0.0182. The summed E-state index contributed by atoms with van der Waals surface area (Å²) in [5, 5.41) is 1.60. The van der Waals surface area contributed by atoms with E-state index in [0.29, 0.717) is 36.9 Å². The second kappa shape index (κ2) is 5.41. The number of benzene rings is 1. The second-order valence-electron chi connectivity index (χ2n) is 5.20. The molecular weight excluding hydrogens is 290 g/mol. The minimum Gasteiger partial charge on any atom is -0.342 e. The second-order valence-corrected chi connectivity index (χ2v) is 5.61. The SMILES string of the molecule is Cn1c(C(=O)N2CCN(C=O)CC2)cc2cccc(Cl)c21. The van der Waals surface area contributed by atoms with E-state index in [1.165, 1.54) is 0 Å². The van der Waals surface area contributed by atoms with Crippen molar-refractivity contribution in [1.29, 1.82) is 0 Å². The first-order valence-corrected chi connectivity index (χ1v) is 7.22. The molecule has 0 bridgehead atoms. The van der Waals surface area contributed by atoms with Crippen LogP contribution in [0.25, 0.3) is 10.9 Å². The lowest BCUT2D eigenvalue weighted by molar-refractivity contribution is -0.119. The Labute approximate surface area is 127 Å². The number of aryl methyl sites for hydroxylation is 1. The molecule has 2 amide bonds. The van der Waals surface area contributed by atoms with Gasteiger partial charge in [-0.25, -0.2) is 0 Å². The fourth-order valence-electron chi connectivity index (χ4n) is 2.76. The number of para-hydroxylation sites is 1. The summed E-state index contributed by atoms with van der Waals surface area (Å²) >= 11 is 6.21. The number of rotatable bonds is 2. The first-order valence-electron chi connectivity index (χ1n) is 6.84. The van der Waals surface area contributed by atoms with E-state index < -0.39 is 0 Å². The molecule has 1 aromatic heterocycles. The normalized spacial score (nSPS) is 15.5. The highest BCUT2D eigenvalue weighted by Gasteiger charge is 2.24. The van der Waals surface area contributed by atoms with Crippen molar-refractivity contribution in [2.24, 2.45) is 7.05 Å². The summed E-state index contributed by atoms with van der Waals surface area (Å²) in [6.07, 6.45) is 0.832. The van der Waals surface area contributed by atoms with E-state index in [2.05, 4.69) is 0 Å². The van der Waals surface area contributed by atoms with E-state index >= 15 is 0 Å². The number of carbonyl (C=O) groups excluding carboxylic acids is 2. The fraction of sp³-hybridized carbons (Fsp3) is 0.333. The van der Waals surface area contributed by atoms with Crippen LogP contribution in [-0.4, -0.2) is 52.9 Å². The van der Waals surface area contributed by atoms with Crippen LogP contribution in [0.3, 0.4) is 0 Å². The molecule has 1 fully saturated rings. The molecule has 2 aromatic rings. The van der Waals surface area contributed by atoms with Gasteiger partial charge < -0.3 is 14.4 Å². The van der Waals surface area contributed by atoms with Gasteiger partial charge in [-0.2, -0.15) is 0 Å². The predicted molar refractivity (Wildman–Crippen MR) is 81.5 cm³/mol. The van der Waals surface area contributed by atoms with Gasteiger partial charge in [0.25, 0.3) is 5.91 Å². The summed E-state index contributed by atoms with van der Waals surface area (Å²) in [4.78, 5) is 26.8. The van der Waals surface area contributed by atoms with Gasteiger partial charge in [0.1, 0.15) is 5.69 Å². The lowest BCUT2D eigenvalue weighted by Gasteiger charge is -2.32. The Kier molecular flexibility index (Phi) is 3.59. The Balaban J connectivity index is 1.90. The van der Waals surface area contributed by atoms with Crippen molar-refractivity contribution in [3.63, 3.8) is 0 Å². The van der Waals surface area contributed by atoms with E-state index in [4.69, 9.17) is 11.6 Å². The number of hydrogen-bond donors (Lipinski definition) is 0. The van der Waals surface area contributed by atoms with Crippen molar-refractivity contribution in [3.8, 4) is 0 Å². The van der Waals surface area contributed by atoms with E-state index in [0.717, 1.165) is 17.3 Å². The zero-order valence-corrected chi connectivity index (χ0v) is 12.5. The Morgan fingerprint density at radius 3 is 2.57 bits per heavy atom.